The lowest BCUT2D eigenvalue weighted by Gasteiger charge is -2.14. The normalized spacial score (nSPS) is 10.8. The van der Waals surface area contributed by atoms with Gasteiger partial charge in [-0.1, -0.05) is 42.1 Å². The van der Waals surface area contributed by atoms with Gasteiger partial charge in [-0.15, -0.1) is 0 Å². The Kier molecular flexibility index (Phi) is 5.01. The lowest BCUT2D eigenvalue weighted by Crippen LogP contribution is -2.04. The van der Waals surface area contributed by atoms with Crippen molar-refractivity contribution in [3.05, 3.63) is 59.2 Å². The molecule has 106 valence electrons. The first kappa shape index (κ1) is 14.9. The SMILES string of the molecule is Cc1cccc(C)c1CNc1ccccc1SC(F)F. The van der Waals surface area contributed by atoms with Gasteiger partial charge in [0.25, 0.3) is 5.76 Å². The second-order valence-electron chi connectivity index (χ2n) is 4.60. The Morgan fingerprint density at radius 3 is 2.30 bits per heavy atom. The Morgan fingerprint density at radius 1 is 1.00 bits per heavy atom. The molecular weight excluding hydrogens is 276 g/mol. The van der Waals surface area contributed by atoms with Gasteiger partial charge in [-0.3, -0.25) is 0 Å². The molecule has 0 heterocycles. The zero-order chi connectivity index (χ0) is 14.5. The van der Waals surface area contributed by atoms with Crippen molar-refractivity contribution in [3.63, 3.8) is 0 Å². The predicted molar refractivity (Wildman–Crippen MR) is 81.5 cm³/mol. The average Bonchev–Trinajstić information content (AvgIpc) is 2.39. The lowest BCUT2D eigenvalue weighted by atomic mass is 10.0. The Hall–Kier alpha value is -1.55. The van der Waals surface area contributed by atoms with Crippen LogP contribution < -0.4 is 5.32 Å². The van der Waals surface area contributed by atoms with E-state index in [1.807, 2.05) is 18.2 Å². The highest BCUT2D eigenvalue weighted by Crippen LogP contribution is 2.32. The van der Waals surface area contributed by atoms with Gasteiger partial charge in [-0.25, -0.2) is 0 Å². The van der Waals surface area contributed by atoms with Crippen molar-refractivity contribution in [2.24, 2.45) is 0 Å². The maximum atomic E-state index is 12.5. The van der Waals surface area contributed by atoms with Crippen LogP contribution in [0.5, 0.6) is 0 Å². The van der Waals surface area contributed by atoms with Crippen molar-refractivity contribution in [2.75, 3.05) is 5.32 Å². The monoisotopic (exact) mass is 293 g/mol. The number of anilines is 1. The average molecular weight is 293 g/mol. The van der Waals surface area contributed by atoms with E-state index in [4.69, 9.17) is 0 Å². The van der Waals surface area contributed by atoms with E-state index in [2.05, 4.69) is 31.3 Å². The first-order chi connectivity index (χ1) is 9.58. The Labute approximate surface area is 122 Å². The van der Waals surface area contributed by atoms with Gasteiger partial charge in [0.1, 0.15) is 0 Å². The van der Waals surface area contributed by atoms with E-state index in [0.717, 1.165) is 5.69 Å². The molecule has 2 rings (SSSR count). The van der Waals surface area contributed by atoms with Gasteiger partial charge >= 0.3 is 0 Å². The maximum absolute atomic E-state index is 12.5. The first-order valence-electron chi connectivity index (χ1n) is 6.40. The van der Waals surface area contributed by atoms with Gasteiger partial charge in [0, 0.05) is 17.1 Å². The molecule has 0 atom stereocenters. The van der Waals surface area contributed by atoms with Crippen molar-refractivity contribution >= 4 is 17.4 Å². The molecule has 0 bridgehead atoms. The van der Waals surface area contributed by atoms with Gasteiger partial charge in [0.15, 0.2) is 0 Å². The highest BCUT2D eigenvalue weighted by Gasteiger charge is 2.10. The summed E-state index contributed by atoms with van der Waals surface area (Å²) in [5, 5.41) is 3.26. The summed E-state index contributed by atoms with van der Waals surface area (Å²) in [6.07, 6.45) is 0. The Bertz CT molecular complexity index is 564. The summed E-state index contributed by atoms with van der Waals surface area (Å²) < 4.78 is 25.1. The van der Waals surface area contributed by atoms with E-state index >= 15 is 0 Å². The van der Waals surface area contributed by atoms with Crippen LogP contribution in [0.2, 0.25) is 0 Å². The summed E-state index contributed by atoms with van der Waals surface area (Å²) >= 11 is 0.573. The molecular formula is C16H17F2NS. The highest BCUT2D eigenvalue weighted by molar-refractivity contribution is 7.99. The molecule has 0 radical (unpaired) electrons. The Morgan fingerprint density at radius 2 is 1.65 bits per heavy atom. The minimum absolute atomic E-state index is 0.573. The molecule has 1 nitrogen and oxygen atoms in total. The van der Waals surface area contributed by atoms with Gasteiger partial charge in [-0.2, -0.15) is 8.78 Å². The second kappa shape index (κ2) is 6.75. The molecule has 0 aromatic heterocycles. The molecule has 0 aliphatic rings. The molecule has 0 unspecified atom stereocenters. The van der Waals surface area contributed by atoms with Gasteiger partial charge in [0.05, 0.1) is 0 Å². The van der Waals surface area contributed by atoms with E-state index in [0.29, 0.717) is 23.2 Å². The summed E-state index contributed by atoms with van der Waals surface area (Å²) in [7, 11) is 0. The van der Waals surface area contributed by atoms with Crippen LogP contribution in [0.4, 0.5) is 14.5 Å². The van der Waals surface area contributed by atoms with Crippen molar-refractivity contribution in [3.8, 4) is 0 Å². The minimum atomic E-state index is -2.40. The van der Waals surface area contributed by atoms with Crippen LogP contribution in [0.1, 0.15) is 16.7 Å². The summed E-state index contributed by atoms with van der Waals surface area (Å²) in [6.45, 7) is 4.76. The molecule has 0 fully saturated rings. The number of rotatable bonds is 5. The Balaban J connectivity index is 2.15. The molecule has 2 aromatic rings. The zero-order valence-corrected chi connectivity index (χ0v) is 12.3. The van der Waals surface area contributed by atoms with Crippen molar-refractivity contribution in [1.82, 2.24) is 0 Å². The summed E-state index contributed by atoms with van der Waals surface area (Å²) in [5.74, 6) is -2.40. The summed E-state index contributed by atoms with van der Waals surface area (Å²) in [6, 6.07) is 13.3. The first-order valence-corrected chi connectivity index (χ1v) is 7.28. The van der Waals surface area contributed by atoms with Crippen LogP contribution in [0, 0.1) is 13.8 Å². The molecule has 0 saturated heterocycles. The van der Waals surface area contributed by atoms with Crippen LogP contribution in [0.3, 0.4) is 0 Å². The molecule has 0 aliphatic carbocycles. The number of hydrogen-bond acceptors (Lipinski definition) is 2. The minimum Gasteiger partial charge on any atom is -0.380 e. The smallest absolute Gasteiger partial charge is 0.288 e. The molecule has 0 spiro atoms. The van der Waals surface area contributed by atoms with Crippen LogP contribution in [-0.2, 0) is 6.54 Å². The maximum Gasteiger partial charge on any atom is 0.288 e. The molecule has 2 aromatic carbocycles. The number of halogens is 2. The molecule has 4 heteroatoms. The van der Waals surface area contributed by atoms with Crippen molar-refractivity contribution in [2.45, 2.75) is 31.0 Å². The van der Waals surface area contributed by atoms with E-state index in [-0.39, 0.29) is 0 Å². The van der Waals surface area contributed by atoms with E-state index in [1.165, 1.54) is 16.7 Å². The molecule has 0 aliphatic heterocycles. The summed E-state index contributed by atoms with van der Waals surface area (Å²) in [5.41, 5.74) is 4.37. The van der Waals surface area contributed by atoms with Crippen LogP contribution in [-0.4, -0.2) is 5.76 Å². The fourth-order valence-corrected chi connectivity index (χ4v) is 2.74. The third kappa shape index (κ3) is 3.73. The number of benzene rings is 2. The predicted octanol–water partition coefficient (Wildman–Crippen LogP) is 5.23. The van der Waals surface area contributed by atoms with E-state index in [1.54, 1.807) is 12.1 Å². The molecule has 0 saturated carbocycles. The standard InChI is InChI=1S/C16H17F2NS/c1-11-6-5-7-12(2)13(11)10-19-14-8-3-4-9-15(14)20-16(17)18/h3-9,16,19H,10H2,1-2H3. The van der Waals surface area contributed by atoms with Gasteiger partial charge < -0.3 is 5.32 Å². The van der Waals surface area contributed by atoms with E-state index < -0.39 is 5.76 Å². The number of aryl methyl sites for hydroxylation is 2. The van der Waals surface area contributed by atoms with Gasteiger partial charge in [-0.05, 0) is 42.7 Å². The fourth-order valence-electron chi connectivity index (χ4n) is 2.12. The number of nitrogens with one attached hydrogen (secondary N) is 1. The third-order valence-corrected chi connectivity index (χ3v) is 3.99. The summed E-state index contributed by atoms with van der Waals surface area (Å²) in [4.78, 5) is 0.578. The molecule has 20 heavy (non-hydrogen) atoms. The van der Waals surface area contributed by atoms with Gasteiger partial charge in [0.2, 0.25) is 0 Å². The van der Waals surface area contributed by atoms with Crippen LogP contribution in [0.15, 0.2) is 47.4 Å². The lowest BCUT2D eigenvalue weighted by molar-refractivity contribution is 0.252. The molecule has 1 N–H and O–H groups in total. The quantitative estimate of drug-likeness (QED) is 0.757. The van der Waals surface area contributed by atoms with Crippen molar-refractivity contribution < 1.29 is 8.78 Å². The fraction of sp³-hybridized carbons (Fsp3) is 0.250. The highest BCUT2D eigenvalue weighted by atomic mass is 32.2. The number of thioether (sulfide) groups is 1. The van der Waals surface area contributed by atoms with Crippen LogP contribution >= 0.6 is 11.8 Å². The number of para-hydroxylation sites is 1. The third-order valence-electron chi connectivity index (χ3n) is 3.20. The number of hydrogen-bond donors (Lipinski definition) is 1. The largest absolute Gasteiger partial charge is 0.380 e. The topological polar surface area (TPSA) is 12.0 Å². The van der Waals surface area contributed by atoms with Crippen molar-refractivity contribution in [1.29, 1.82) is 0 Å². The van der Waals surface area contributed by atoms with E-state index in [9.17, 15) is 8.78 Å². The number of alkyl halides is 2. The molecule has 0 amide bonds. The van der Waals surface area contributed by atoms with Crippen LogP contribution in [0.25, 0.3) is 0 Å². The zero-order valence-electron chi connectivity index (χ0n) is 11.5. The second-order valence-corrected chi connectivity index (χ2v) is 5.63.